The fraction of sp³-hybridized carbons (Fsp3) is 0. The quantitative estimate of drug-likeness (QED) is 0.519. The largest absolute Gasteiger partial charge is 0.398 e. The molecule has 0 aliphatic rings. The molecule has 0 saturated carbocycles. The number of halogens is 2. The molecule has 2 aromatic carbocycles. The van der Waals surface area contributed by atoms with Crippen molar-refractivity contribution >= 4 is 41.0 Å². The lowest BCUT2D eigenvalue weighted by Gasteiger charge is -2.03. The van der Waals surface area contributed by atoms with E-state index in [1.807, 2.05) is 0 Å². The summed E-state index contributed by atoms with van der Waals surface area (Å²) >= 11 is 11.8. The normalized spacial score (nSPS) is 10.7. The number of rotatable bonds is 3. The van der Waals surface area contributed by atoms with Crippen molar-refractivity contribution in [3.05, 3.63) is 63.6 Å². The Morgan fingerprint density at radius 3 is 2.65 bits per heavy atom. The Kier molecular flexibility index (Phi) is 4.61. The lowest BCUT2D eigenvalue weighted by atomic mass is 10.2. The van der Waals surface area contributed by atoms with Crippen LogP contribution in [0.5, 0.6) is 0 Å². The minimum Gasteiger partial charge on any atom is -0.398 e. The van der Waals surface area contributed by atoms with Crippen molar-refractivity contribution < 1.29 is 4.79 Å². The summed E-state index contributed by atoms with van der Waals surface area (Å²) in [5.41, 5.74) is 9.50. The van der Waals surface area contributed by atoms with E-state index in [4.69, 9.17) is 28.9 Å². The average Bonchev–Trinajstić information content (AvgIpc) is 2.41. The molecule has 0 unspecified atom stereocenters. The van der Waals surface area contributed by atoms with Crippen LogP contribution in [0.15, 0.2) is 47.6 Å². The van der Waals surface area contributed by atoms with Gasteiger partial charge in [-0.2, -0.15) is 5.10 Å². The van der Waals surface area contributed by atoms with E-state index in [2.05, 4.69) is 10.5 Å². The third-order valence-electron chi connectivity index (χ3n) is 2.54. The number of amides is 1. The second-order valence-electron chi connectivity index (χ2n) is 3.95. The average molecular weight is 308 g/mol. The summed E-state index contributed by atoms with van der Waals surface area (Å²) in [4.78, 5) is 11.8. The summed E-state index contributed by atoms with van der Waals surface area (Å²) in [5.74, 6) is -0.385. The van der Waals surface area contributed by atoms with Crippen LogP contribution in [0.2, 0.25) is 10.0 Å². The molecule has 20 heavy (non-hydrogen) atoms. The molecule has 0 aliphatic heterocycles. The van der Waals surface area contributed by atoms with Gasteiger partial charge in [-0.25, -0.2) is 5.43 Å². The number of nitrogen functional groups attached to an aromatic ring is 1. The molecule has 2 rings (SSSR count). The van der Waals surface area contributed by atoms with Crippen LogP contribution >= 0.6 is 23.2 Å². The Labute approximate surface area is 126 Å². The molecule has 0 atom stereocenters. The number of nitrogens with zero attached hydrogens (tertiary/aromatic N) is 1. The zero-order chi connectivity index (χ0) is 14.5. The van der Waals surface area contributed by atoms with E-state index < -0.39 is 0 Å². The highest BCUT2D eigenvalue weighted by molar-refractivity contribution is 6.36. The molecular weight excluding hydrogens is 297 g/mol. The predicted molar refractivity (Wildman–Crippen MR) is 82.4 cm³/mol. The maximum absolute atomic E-state index is 11.8. The van der Waals surface area contributed by atoms with Crippen LogP contribution in [0.25, 0.3) is 0 Å². The molecule has 0 heterocycles. The number of nitrogens with two attached hydrogens (primary N) is 1. The number of para-hydroxylation sites is 1. The van der Waals surface area contributed by atoms with Crippen molar-refractivity contribution in [2.45, 2.75) is 0 Å². The summed E-state index contributed by atoms with van der Waals surface area (Å²) < 4.78 is 0. The minimum atomic E-state index is -0.385. The summed E-state index contributed by atoms with van der Waals surface area (Å²) in [6.07, 6.45) is 1.44. The molecule has 1 amide bonds. The molecule has 0 aromatic heterocycles. The van der Waals surface area contributed by atoms with Crippen molar-refractivity contribution in [2.75, 3.05) is 5.73 Å². The zero-order valence-electron chi connectivity index (χ0n) is 10.3. The molecule has 3 N–H and O–H groups in total. The molecule has 102 valence electrons. The summed E-state index contributed by atoms with van der Waals surface area (Å²) in [5, 5.41) is 4.83. The number of nitrogens with one attached hydrogen (secondary N) is 1. The van der Waals surface area contributed by atoms with Gasteiger partial charge in [0.05, 0.1) is 16.8 Å². The number of benzene rings is 2. The number of carbonyl (C=O) groups excluding carboxylic acids is 1. The van der Waals surface area contributed by atoms with Gasteiger partial charge in [-0.3, -0.25) is 4.79 Å². The van der Waals surface area contributed by atoms with E-state index >= 15 is 0 Å². The van der Waals surface area contributed by atoms with Crippen LogP contribution in [0.4, 0.5) is 5.69 Å². The number of hydrogen-bond donors (Lipinski definition) is 2. The van der Waals surface area contributed by atoms with E-state index in [9.17, 15) is 4.79 Å². The van der Waals surface area contributed by atoms with Gasteiger partial charge >= 0.3 is 0 Å². The Balaban J connectivity index is 2.07. The maximum Gasteiger partial charge on any atom is 0.273 e. The fourth-order valence-electron chi connectivity index (χ4n) is 1.53. The molecule has 0 bridgehead atoms. The van der Waals surface area contributed by atoms with Crippen molar-refractivity contribution in [3.8, 4) is 0 Å². The third-order valence-corrected chi connectivity index (χ3v) is 3.10. The maximum atomic E-state index is 11.8. The first kappa shape index (κ1) is 14.4. The molecule has 4 nitrogen and oxygen atoms in total. The Hall–Kier alpha value is -2.04. The minimum absolute atomic E-state index is 0.367. The molecule has 0 radical (unpaired) electrons. The van der Waals surface area contributed by atoms with E-state index in [-0.39, 0.29) is 5.91 Å². The first-order chi connectivity index (χ1) is 9.58. The molecular formula is C14H11Cl2N3O. The van der Waals surface area contributed by atoms with Gasteiger partial charge in [0.25, 0.3) is 5.91 Å². The first-order valence-corrected chi connectivity index (χ1v) is 6.46. The zero-order valence-corrected chi connectivity index (χ0v) is 11.8. The van der Waals surface area contributed by atoms with Crippen LogP contribution in [-0.4, -0.2) is 12.1 Å². The standard InChI is InChI=1S/C14H11Cl2N3O/c15-10-6-5-9(12(16)7-10)8-18-19-14(20)11-3-1-2-4-13(11)17/h1-8H,17H2,(H,19,20). The van der Waals surface area contributed by atoms with Gasteiger partial charge in [0.15, 0.2) is 0 Å². The molecule has 0 aliphatic carbocycles. The number of hydrazone groups is 1. The summed E-state index contributed by atoms with van der Waals surface area (Å²) in [7, 11) is 0. The molecule has 0 fully saturated rings. The second-order valence-corrected chi connectivity index (χ2v) is 4.80. The summed E-state index contributed by atoms with van der Waals surface area (Å²) in [6, 6.07) is 11.7. The van der Waals surface area contributed by atoms with E-state index in [1.165, 1.54) is 6.21 Å². The van der Waals surface area contributed by atoms with Gasteiger partial charge in [0.2, 0.25) is 0 Å². The Morgan fingerprint density at radius 1 is 1.20 bits per heavy atom. The highest BCUT2D eigenvalue weighted by Crippen LogP contribution is 2.19. The lowest BCUT2D eigenvalue weighted by Crippen LogP contribution is -2.19. The van der Waals surface area contributed by atoms with Crippen LogP contribution in [0.3, 0.4) is 0 Å². The smallest absolute Gasteiger partial charge is 0.273 e. The van der Waals surface area contributed by atoms with Crippen LogP contribution < -0.4 is 11.2 Å². The lowest BCUT2D eigenvalue weighted by molar-refractivity contribution is 0.0956. The van der Waals surface area contributed by atoms with Gasteiger partial charge in [0.1, 0.15) is 0 Å². The SMILES string of the molecule is Nc1ccccc1C(=O)NN=Cc1ccc(Cl)cc1Cl. The monoisotopic (exact) mass is 307 g/mol. The number of carbonyl (C=O) groups is 1. The fourth-order valence-corrected chi connectivity index (χ4v) is 1.99. The van der Waals surface area contributed by atoms with Gasteiger partial charge in [-0.15, -0.1) is 0 Å². The van der Waals surface area contributed by atoms with Crippen molar-refractivity contribution in [2.24, 2.45) is 5.10 Å². The van der Waals surface area contributed by atoms with E-state index in [1.54, 1.807) is 42.5 Å². The van der Waals surface area contributed by atoms with E-state index in [0.717, 1.165) is 0 Å². The first-order valence-electron chi connectivity index (χ1n) is 5.71. The van der Waals surface area contributed by atoms with Crippen LogP contribution in [-0.2, 0) is 0 Å². The van der Waals surface area contributed by atoms with Crippen LogP contribution in [0.1, 0.15) is 15.9 Å². The topological polar surface area (TPSA) is 67.5 Å². The van der Waals surface area contributed by atoms with Crippen molar-refractivity contribution in [1.82, 2.24) is 5.43 Å². The van der Waals surface area contributed by atoms with Gasteiger partial charge in [0, 0.05) is 16.3 Å². The summed E-state index contributed by atoms with van der Waals surface area (Å²) in [6.45, 7) is 0. The molecule has 6 heteroatoms. The highest BCUT2D eigenvalue weighted by Gasteiger charge is 2.07. The van der Waals surface area contributed by atoms with Gasteiger partial charge in [-0.1, -0.05) is 41.4 Å². The third kappa shape index (κ3) is 3.50. The molecule has 0 spiro atoms. The van der Waals surface area contributed by atoms with Crippen LogP contribution in [0, 0.1) is 0 Å². The molecule has 2 aromatic rings. The number of hydrogen-bond acceptors (Lipinski definition) is 3. The Morgan fingerprint density at radius 2 is 1.95 bits per heavy atom. The van der Waals surface area contributed by atoms with E-state index in [0.29, 0.717) is 26.9 Å². The number of anilines is 1. The van der Waals surface area contributed by atoms with Gasteiger partial charge in [-0.05, 0) is 24.3 Å². The predicted octanol–water partition coefficient (Wildman–Crippen LogP) is 3.34. The van der Waals surface area contributed by atoms with Crippen molar-refractivity contribution in [1.29, 1.82) is 0 Å². The van der Waals surface area contributed by atoms with Gasteiger partial charge < -0.3 is 5.73 Å². The Bertz CT molecular complexity index is 671. The highest BCUT2D eigenvalue weighted by atomic mass is 35.5. The molecule has 0 saturated heterocycles. The second kappa shape index (κ2) is 6.41. The van der Waals surface area contributed by atoms with Crippen molar-refractivity contribution in [3.63, 3.8) is 0 Å².